The highest BCUT2D eigenvalue weighted by atomic mass is 79.9. The van der Waals surface area contributed by atoms with Crippen molar-refractivity contribution in [1.82, 2.24) is 4.98 Å². The molecule has 0 saturated carbocycles. The van der Waals surface area contributed by atoms with E-state index < -0.39 is 5.97 Å². The van der Waals surface area contributed by atoms with Crippen LogP contribution in [0.5, 0.6) is 0 Å². The summed E-state index contributed by atoms with van der Waals surface area (Å²) in [5, 5.41) is 11.8. The van der Waals surface area contributed by atoms with Crippen LogP contribution in [-0.4, -0.2) is 16.1 Å². The number of carboxylic acid groups (broad SMARTS) is 1. The van der Waals surface area contributed by atoms with Gasteiger partial charge < -0.3 is 14.8 Å². The van der Waals surface area contributed by atoms with Crippen molar-refractivity contribution in [2.24, 2.45) is 0 Å². The highest BCUT2D eigenvalue weighted by Crippen LogP contribution is 2.23. The van der Waals surface area contributed by atoms with Crippen LogP contribution in [0.15, 0.2) is 33.3 Å². The van der Waals surface area contributed by atoms with Crippen molar-refractivity contribution >= 4 is 27.6 Å². The summed E-state index contributed by atoms with van der Waals surface area (Å²) in [5.74, 6) is -0.945. The van der Waals surface area contributed by atoms with E-state index in [1.54, 1.807) is 0 Å². The molecule has 2 N–H and O–H groups in total. The fraction of sp³-hybridized carbons (Fsp3) is 0.167. The molecule has 0 fully saturated rings. The fourth-order valence-electron chi connectivity index (χ4n) is 1.43. The number of carboxylic acids is 1. The fourth-order valence-corrected chi connectivity index (χ4v) is 2.06. The van der Waals surface area contributed by atoms with Crippen LogP contribution < -0.4 is 5.32 Å². The summed E-state index contributed by atoms with van der Waals surface area (Å²) in [6.07, 6.45) is 1.20. The molecule has 0 aliphatic heterocycles. The van der Waals surface area contributed by atoms with Crippen LogP contribution in [0.1, 0.15) is 22.0 Å². The third-order valence-corrected chi connectivity index (χ3v) is 2.98. The van der Waals surface area contributed by atoms with E-state index in [2.05, 4.69) is 26.2 Å². The molecule has 1 heterocycles. The van der Waals surface area contributed by atoms with Crippen molar-refractivity contribution in [2.75, 3.05) is 5.32 Å². The van der Waals surface area contributed by atoms with E-state index in [-0.39, 0.29) is 5.76 Å². The van der Waals surface area contributed by atoms with E-state index in [4.69, 9.17) is 9.52 Å². The number of aromatic carboxylic acids is 1. The smallest absolute Gasteiger partial charge is 0.373 e. The molecule has 5 nitrogen and oxygen atoms in total. The third-order valence-electron chi connectivity index (χ3n) is 2.32. The quantitative estimate of drug-likeness (QED) is 0.907. The predicted octanol–water partition coefficient (Wildman–Crippen LogP) is 3.06. The first kappa shape index (κ1) is 12.6. The summed E-state index contributed by atoms with van der Waals surface area (Å²) in [5.41, 5.74) is 2.05. The molecule has 2 aromatic rings. The summed E-state index contributed by atoms with van der Waals surface area (Å²) in [7, 11) is 0. The van der Waals surface area contributed by atoms with E-state index in [0.29, 0.717) is 12.4 Å². The number of aromatic nitrogens is 1. The Bertz CT molecular complexity index is 580. The van der Waals surface area contributed by atoms with Crippen molar-refractivity contribution in [2.45, 2.75) is 13.5 Å². The van der Waals surface area contributed by atoms with Crippen LogP contribution in [0.2, 0.25) is 0 Å². The van der Waals surface area contributed by atoms with E-state index in [0.717, 1.165) is 15.7 Å². The molecule has 0 aliphatic carbocycles. The molecule has 0 bridgehead atoms. The lowest BCUT2D eigenvalue weighted by atomic mass is 10.2. The number of aryl methyl sites for hydroxylation is 1. The lowest BCUT2D eigenvalue weighted by Gasteiger charge is -2.06. The molecule has 0 amide bonds. The Labute approximate surface area is 112 Å². The number of nitrogens with zero attached hydrogens (tertiary/aromatic N) is 1. The largest absolute Gasteiger partial charge is 0.475 e. The Morgan fingerprint density at radius 3 is 2.94 bits per heavy atom. The summed E-state index contributed by atoms with van der Waals surface area (Å²) in [6, 6.07) is 5.90. The van der Waals surface area contributed by atoms with Gasteiger partial charge >= 0.3 is 5.97 Å². The first-order valence-electron chi connectivity index (χ1n) is 5.24. The Balaban J connectivity index is 2.04. The Morgan fingerprint density at radius 1 is 1.56 bits per heavy atom. The Hall–Kier alpha value is -1.82. The summed E-state index contributed by atoms with van der Waals surface area (Å²) in [4.78, 5) is 14.5. The van der Waals surface area contributed by atoms with Gasteiger partial charge in [-0.05, 0) is 40.5 Å². The second kappa shape index (κ2) is 5.22. The van der Waals surface area contributed by atoms with E-state index in [9.17, 15) is 4.79 Å². The molecule has 94 valence electrons. The molecule has 0 atom stereocenters. The molecule has 2 rings (SSSR count). The minimum absolute atomic E-state index is 0.158. The molecular formula is C12H11BrN2O3. The van der Waals surface area contributed by atoms with Gasteiger partial charge in [-0.3, -0.25) is 0 Å². The zero-order valence-electron chi connectivity index (χ0n) is 9.61. The highest BCUT2D eigenvalue weighted by molar-refractivity contribution is 9.10. The van der Waals surface area contributed by atoms with Gasteiger partial charge in [-0.1, -0.05) is 6.07 Å². The predicted molar refractivity (Wildman–Crippen MR) is 69.7 cm³/mol. The number of hydrogen-bond donors (Lipinski definition) is 2. The normalized spacial score (nSPS) is 10.3. The zero-order chi connectivity index (χ0) is 13.1. The molecule has 0 radical (unpaired) electrons. The van der Waals surface area contributed by atoms with Crippen LogP contribution in [0.4, 0.5) is 5.69 Å². The SMILES string of the molecule is Cc1ccc(NCc2ncc(C(=O)O)o2)c(Br)c1. The van der Waals surface area contributed by atoms with Gasteiger partial charge in [-0.15, -0.1) is 0 Å². The van der Waals surface area contributed by atoms with Gasteiger partial charge in [0.2, 0.25) is 11.7 Å². The van der Waals surface area contributed by atoms with Gasteiger partial charge in [0.05, 0.1) is 12.7 Å². The number of oxazole rings is 1. The summed E-state index contributed by atoms with van der Waals surface area (Å²) >= 11 is 3.44. The molecule has 1 aromatic heterocycles. The number of benzene rings is 1. The third kappa shape index (κ3) is 2.89. The van der Waals surface area contributed by atoms with Crippen molar-refractivity contribution in [3.05, 3.63) is 46.1 Å². The lowest BCUT2D eigenvalue weighted by molar-refractivity contribution is 0.0660. The minimum Gasteiger partial charge on any atom is -0.475 e. The van der Waals surface area contributed by atoms with Crippen molar-refractivity contribution in [3.8, 4) is 0 Å². The second-order valence-corrected chi connectivity index (χ2v) is 4.61. The van der Waals surface area contributed by atoms with Crippen LogP contribution in [-0.2, 0) is 6.54 Å². The molecule has 0 saturated heterocycles. The van der Waals surface area contributed by atoms with Crippen LogP contribution in [0, 0.1) is 6.92 Å². The van der Waals surface area contributed by atoms with E-state index >= 15 is 0 Å². The standard InChI is InChI=1S/C12H11BrN2O3/c1-7-2-3-9(8(13)4-7)14-6-11-15-5-10(18-11)12(16)17/h2-5,14H,6H2,1H3,(H,16,17). The zero-order valence-corrected chi connectivity index (χ0v) is 11.2. The number of hydrogen-bond acceptors (Lipinski definition) is 4. The van der Waals surface area contributed by atoms with Gasteiger partial charge in [0.25, 0.3) is 0 Å². The number of anilines is 1. The molecule has 0 spiro atoms. The first-order chi connectivity index (χ1) is 8.56. The maximum absolute atomic E-state index is 10.6. The van der Waals surface area contributed by atoms with Gasteiger partial charge in [-0.25, -0.2) is 9.78 Å². The molecule has 1 aromatic carbocycles. The number of halogens is 1. The average molecular weight is 311 g/mol. The lowest BCUT2D eigenvalue weighted by Crippen LogP contribution is -2.00. The maximum atomic E-state index is 10.6. The number of nitrogens with one attached hydrogen (secondary N) is 1. The Morgan fingerprint density at radius 2 is 2.33 bits per heavy atom. The van der Waals surface area contributed by atoms with Gasteiger partial charge in [0.15, 0.2) is 0 Å². The van der Waals surface area contributed by atoms with E-state index in [1.807, 2.05) is 25.1 Å². The number of rotatable bonds is 4. The molecule has 0 aliphatic rings. The first-order valence-corrected chi connectivity index (χ1v) is 6.03. The van der Waals surface area contributed by atoms with Crippen LogP contribution >= 0.6 is 15.9 Å². The summed E-state index contributed by atoms with van der Waals surface area (Å²) in [6.45, 7) is 2.33. The maximum Gasteiger partial charge on any atom is 0.373 e. The van der Waals surface area contributed by atoms with E-state index in [1.165, 1.54) is 6.20 Å². The molecular weight excluding hydrogens is 300 g/mol. The van der Waals surface area contributed by atoms with Gasteiger partial charge in [0.1, 0.15) is 0 Å². The molecule has 18 heavy (non-hydrogen) atoms. The second-order valence-electron chi connectivity index (χ2n) is 3.76. The Kier molecular flexibility index (Phi) is 3.66. The topological polar surface area (TPSA) is 75.4 Å². The van der Waals surface area contributed by atoms with Crippen LogP contribution in [0.25, 0.3) is 0 Å². The number of carbonyl (C=O) groups is 1. The average Bonchev–Trinajstić information content (AvgIpc) is 2.76. The minimum atomic E-state index is -1.12. The van der Waals surface area contributed by atoms with Gasteiger partial charge in [0, 0.05) is 10.2 Å². The van der Waals surface area contributed by atoms with Crippen LogP contribution in [0.3, 0.4) is 0 Å². The van der Waals surface area contributed by atoms with Crippen molar-refractivity contribution in [1.29, 1.82) is 0 Å². The van der Waals surface area contributed by atoms with Crippen molar-refractivity contribution in [3.63, 3.8) is 0 Å². The van der Waals surface area contributed by atoms with Gasteiger partial charge in [-0.2, -0.15) is 0 Å². The molecule has 0 unspecified atom stereocenters. The van der Waals surface area contributed by atoms with Crippen molar-refractivity contribution < 1.29 is 14.3 Å². The summed E-state index contributed by atoms with van der Waals surface area (Å²) < 4.78 is 5.98. The monoisotopic (exact) mass is 310 g/mol. The molecule has 6 heteroatoms. The highest BCUT2D eigenvalue weighted by Gasteiger charge is 2.10.